The molecule has 3 heterocycles. The van der Waals surface area contributed by atoms with Crippen LogP contribution < -0.4 is 10.1 Å². The van der Waals surface area contributed by atoms with E-state index in [1.807, 2.05) is 85.5 Å². The fourth-order valence-corrected chi connectivity index (χ4v) is 3.76. The van der Waals surface area contributed by atoms with E-state index in [2.05, 4.69) is 37.7 Å². The molecule has 35 heavy (non-hydrogen) atoms. The quantitative estimate of drug-likeness (QED) is 0.386. The Kier molecular flexibility index (Phi) is 6.17. The maximum Gasteiger partial charge on any atom is 0.412 e. The van der Waals surface area contributed by atoms with Gasteiger partial charge in [-0.2, -0.15) is 15.3 Å². The minimum atomic E-state index is -0.580. The summed E-state index contributed by atoms with van der Waals surface area (Å²) in [5, 5.41) is 16.3. The van der Waals surface area contributed by atoms with Gasteiger partial charge >= 0.3 is 6.09 Å². The van der Waals surface area contributed by atoms with Gasteiger partial charge in [-0.05, 0) is 49.2 Å². The largest absolute Gasteiger partial charge is 0.412 e. The predicted octanol–water partition coefficient (Wildman–Crippen LogP) is 4.84. The highest BCUT2D eigenvalue weighted by Gasteiger charge is 2.15. The summed E-state index contributed by atoms with van der Waals surface area (Å²) in [6.45, 7) is 4.66. The summed E-state index contributed by atoms with van der Waals surface area (Å²) in [6.07, 6.45) is 3.07. The molecule has 8 nitrogen and oxygen atoms in total. The first-order valence-corrected chi connectivity index (χ1v) is 11.3. The summed E-state index contributed by atoms with van der Waals surface area (Å²) in [7, 11) is 0. The van der Waals surface area contributed by atoms with Crippen molar-refractivity contribution in [2.45, 2.75) is 26.9 Å². The third-order valence-corrected chi connectivity index (χ3v) is 5.58. The van der Waals surface area contributed by atoms with Crippen molar-refractivity contribution in [3.8, 4) is 17.0 Å². The molecule has 8 heteroatoms. The molecule has 1 amide bonds. The van der Waals surface area contributed by atoms with Gasteiger partial charge in [0.05, 0.1) is 41.9 Å². The molecule has 3 aromatic heterocycles. The highest BCUT2D eigenvalue weighted by molar-refractivity contribution is 5.95. The molecule has 0 radical (unpaired) electrons. The Morgan fingerprint density at radius 2 is 1.83 bits per heavy atom. The molecule has 0 aliphatic heterocycles. The lowest BCUT2D eigenvalue weighted by atomic mass is 10.1. The maximum absolute atomic E-state index is 12.6. The van der Waals surface area contributed by atoms with E-state index in [9.17, 15) is 4.79 Å². The topological polar surface area (TPSA) is 94.8 Å². The number of nitrogens with one attached hydrogen (secondary N) is 1. The normalized spacial score (nSPS) is 10.9. The van der Waals surface area contributed by atoms with Crippen molar-refractivity contribution < 1.29 is 9.53 Å². The van der Waals surface area contributed by atoms with Gasteiger partial charge in [-0.1, -0.05) is 36.4 Å². The highest BCUT2D eigenvalue weighted by atomic mass is 16.6. The molecule has 5 aromatic rings. The average molecular weight is 465 g/mol. The monoisotopic (exact) mass is 464 g/mol. The minimum Gasteiger partial charge on any atom is -0.410 e. The number of ether oxygens (including phenoxy) is 1. The summed E-state index contributed by atoms with van der Waals surface area (Å²) in [5.74, 6) is 0.400. The van der Waals surface area contributed by atoms with E-state index in [4.69, 9.17) is 4.74 Å². The van der Waals surface area contributed by atoms with Gasteiger partial charge < -0.3 is 10.1 Å². The van der Waals surface area contributed by atoms with Crippen LogP contribution in [0.2, 0.25) is 0 Å². The molecular formula is C27H24N6O2. The number of rotatable bonds is 6. The number of fused-ring (bicyclic) bond motifs is 1. The second kappa shape index (κ2) is 9.72. The Morgan fingerprint density at radius 1 is 0.971 bits per heavy atom. The summed E-state index contributed by atoms with van der Waals surface area (Å²) < 4.78 is 7.56. The Labute approximate surface area is 202 Å². The predicted molar refractivity (Wildman–Crippen MR) is 133 cm³/mol. The Hall–Kier alpha value is -4.59. The zero-order chi connectivity index (χ0) is 24.2. The lowest BCUT2D eigenvalue weighted by Crippen LogP contribution is -2.26. The van der Waals surface area contributed by atoms with Crippen molar-refractivity contribution >= 4 is 17.0 Å². The number of nitrogens with zero attached hydrogens (tertiary/aromatic N) is 5. The van der Waals surface area contributed by atoms with Crippen LogP contribution in [0.3, 0.4) is 0 Å². The second-order valence-corrected chi connectivity index (χ2v) is 8.32. The molecule has 174 valence electrons. The number of aromatic nitrogens is 5. The van der Waals surface area contributed by atoms with Gasteiger partial charge in [-0.15, -0.1) is 0 Å². The van der Waals surface area contributed by atoms with Crippen LogP contribution in [-0.2, 0) is 13.1 Å². The van der Waals surface area contributed by atoms with Gasteiger partial charge in [-0.3, -0.25) is 9.67 Å². The third kappa shape index (κ3) is 5.16. The third-order valence-electron chi connectivity index (χ3n) is 5.58. The Morgan fingerprint density at radius 3 is 2.57 bits per heavy atom. The van der Waals surface area contributed by atoms with E-state index in [0.29, 0.717) is 18.0 Å². The first-order chi connectivity index (χ1) is 17.0. The van der Waals surface area contributed by atoms with E-state index in [1.54, 1.807) is 0 Å². The maximum atomic E-state index is 12.6. The fourth-order valence-electron chi connectivity index (χ4n) is 3.76. The van der Waals surface area contributed by atoms with Gasteiger partial charge in [0.25, 0.3) is 0 Å². The zero-order valence-electron chi connectivity index (χ0n) is 19.5. The molecule has 0 unspecified atom stereocenters. The van der Waals surface area contributed by atoms with Crippen LogP contribution in [0.4, 0.5) is 4.79 Å². The number of amides is 1. The first kappa shape index (κ1) is 22.2. The van der Waals surface area contributed by atoms with Gasteiger partial charge in [0.2, 0.25) is 0 Å². The van der Waals surface area contributed by atoms with Crippen LogP contribution in [0, 0.1) is 13.8 Å². The number of hydrogen-bond acceptors (Lipinski definition) is 6. The molecule has 0 fully saturated rings. The molecule has 0 saturated heterocycles. The smallest absolute Gasteiger partial charge is 0.410 e. The van der Waals surface area contributed by atoms with E-state index >= 15 is 0 Å². The van der Waals surface area contributed by atoms with E-state index in [-0.39, 0.29) is 6.54 Å². The first-order valence-electron chi connectivity index (χ1n) is 11.3. The molecule has 2 aromatic carbocycles. The molecule has 0 aliphatic rings. The lowest BCUT2D eigenvalue weighted by molar-refractivity contribution is 0.200. The Bertz CT molecular complexity index is 1460. The van der Waals surface area contributed by atoms with Crippen molar-refractivity contribution in [2.24, 2.45) is 0 Å². The minimum absolute atomic E-state index is 0.215. The summed E-state index contributed by atoms with van der Waals surface area (Å²) >= 11 is 0. The number of carbonyl (C=O) groups excluding carboxylic acids is 1. The van der Waals surface area contributed by atoms with Crippen molar-refractivity contribution in [3.63, 3.8) is 0 Å². The van der Waals surface area contributed by atoms with Gasteiger partial charge in [0, 0.05) is 23.2 Å². The van der Waals surface area contributed by atoms with Crippen LogP contribution >= 0.6 is 0 Å². The van der Waals surface area contributed by atoms with Crippen molar-refractivity contribution in [3.05, 3.63) is 102 Å². The van der Waals surface area contributed by atoms with Crippen LogP contribution in [0.1, 0.15) is 22.5 Å². The molecule has 0 aliphatic carbocycles. The van der Waals surface area contributed by atoms with Gasteiger partial charge in [0.1, 0.15) is 5.75 Å². The molecule has 0 saturated carbocycles. The Balaban J connectivity index is 1.46. The van der Waals surface area contributed by atoms with Crippen molar-refractivity contribution in [2.75, 3.05) is 0 Å². The van der Waals surface area contributed by atoms with E-state index in [1.165, 1.54) is 0 Å². The molecule has 0 atom stereocenters. The summed E-state index contributed by atoms with van der Waals surface area (Å²) in [6, 6.07) is 21.4. The molecule has 0 spiro atoms. The highest BCUT2D eigenvalue weighted by Crippen LogP contribution is 2.32. The fraction of sp³-hybridized carbons (Fsp3) is 0.148. The average Bonchev–Trinajstić information content (AvgIpc) is 3.27. The van der Waals surface area contributed by atoms with E-state index < -0.39 is 6.09 Å². The van der Waals surface area contributed by atoms with Crippen LogP contribution in [0.25, 0.3) is 22.2 Å². The van der Waals surface area contributed by atoms with Gasteiger partial charge in [0.15, 0.2) is 0 Å². The van der Waals surface area contributed by atoms with Crippen LogP contribution in [0.15, 0.2) is 79.1 Å². The lowest BCUT2D eigenvalue weighted by Gasteiger charge is -2.11. The zero-order valence-corrected chi connectivity index (χ0v) is 19.5. The summed E-state index contributed by atoms with van der Waals surface area (Å²) in [5.41, 5.74) is 6.12. The number of aryl methyl sites for hydroxylation is 2. The molecule has 1 N–H and O–H groups in total. The number of carbonyl (C=O) groups is 1. The van der Waals surface area contributed by atoms with Crippen molar-refractivity contribution in [1.29, 1.82) is 0 Å². The number of pyridine rings is 1. The van der Waals surface area contributed by atoms with Crippen LogP contribution in [-0.4, -0.2) is 31.1 Å². The molecule has 0 bridgehead atoms. The van der Waals surface area contributed by atoms with Crippen LogP contribution in [0.5, 0.6) is 5.75 Å². The SMILES string of the molecule is Cc1ccc(-c2cc(OC(=O)NCc3ccc(C)nn3)cc3c2cnn3Cc2ccccc2)nc1. The number of benzene rings is 2. The molecular weight excluding hydrogens is 440 g/mol. The van der Waals surface area contributed by atoms with Gasteiger partial charge in [-0.25, -0.2) is 4.79 Å². The summed E-state index contributed by atoms with van der Waals surface area (Å²) in [4.78, 5) is 17.2. The standard InChI is InChI=1S/C27H24N6O2/c1-18-8-11-25(28-14-18)23-12-22(35-27(34)29-15-21-10-9-19(2)31-32-21)13-26-24(23)16-30-33(26)17-20-6-4-3-5-7-20/h3-14,16H,15,17H2,1-2H3,(H,29,34). The second-order valence-electron chi connectivity index (χ2n) is 8.32. The number of hydrogen-bond donors (Lipinski definition) is 1. The molecule has 5 rings (SSSR count). The van der Waals surface area contributed by atoms with E-state index in [0.717, 1.165) is 39.0 Å². The van der Waals surface area contributed by atoms with Crippen molar-refractivity contribution in [1.82, 2.24) is 30.3 Å².